The van der Waals surface area contributed by atoms with Crippen molar-refractivity contribution in [2.75, 3.05) is 12.3 Å². The van der Waals surface area contributed by atoms with Crippen molar-refractivity contribution in [1.82, 2.24) is 9.97 Å². The van der Waals surface area contributed by atoms with Crippen molar-refractivity contribution in [3.8, 4) is 0 Å². The third-order valence-electron chi connectivity index (χ3n) is 2.82. The number of fused-ring (bicyclic) bond motifs is 1. The Bertz CT molecular complexity index is 512. The lowest BCUT2D eigenvalue weighted by Crippen LogP contribution is -2.08. The molecule has 0 aromatic carbocycles. The lowest BCUT2D eigenvalue weighted by atomic mass is 10.1. The molecule has 0 amide bonds. The molecule has 2 rings (SSSR count). The molecule has 0 aliphatic rings. The molecule has 0 spiro atoms. The van der Waals surface area contributed by atoms with E-state index in [1.165, 1.54) is 12.8 Å². The zero-order valence-corrected chi connectivity index (χ0v) is 11.7. The van der Waals surface area contributed by atoms with Gasteiger partial charge >= 0.3 is 0 Å². The Labute approximate surface area is 111 Å². The third kappa shape index (κ3) is 3.17. The predicted octanol–water partition coefficient (Wildman–Crippen LogP) is 3.23. The van der Waals surface area contributed by atoms with Crippen molar-refractivity contribution in [3.63, 3.8) is 0 Å². The average Bonchev–Trinajstić information content (AvgIpc) is 2.78. The Morgan fingerprint density at radius 3 is 3.06 bits per heavy atom. The van der Waals surface area contributed by atoms with Crippen LogP contribution in [0, 0.1) is 5.92 Å². The molecule has 1 atom stereocenters. The van der Waals surface area contributed by atoms with Gasteiger partial charge in [-0.25, -0.2) is 9.97 Å². The first kappa shape index (κ1) is 13.2. The summed E-state index contributed by atoms with van der Waals surface area (Å²) in [4.78, 5) is 9.64. The van der Waals surface area contributed by atoms with Gasteiger partial charge in [0.05, 0.1) is 5.39 Å². The van der Waals surface area contributed by atoms with Crippen molar-refractivity contribution in [1.29, 1.82) is 0 Å². The second-order valence-corrected chi connectivity index (χ2v) is 5.47. The van der Waals surface area contributed by atoms with Crippen molar-refractivity contribution in [2.24, 2.45) is 5.92 Å². The van der Waals surface area contributed by atoms with E-state index in [0.717, 1.165) is 16.8 Å². The Morgan fingerprint density at radius 2 is 2.28 bits per heavy atom. The summed E-state index contributed by atoms with van der Waals surface area (Å²) in [5.74, 6) is 1.80. The van der Waals surface area contributed by atoms with Gasteiger partial charge < -0.3 is 10.5 Å². The zero-order chi connectivity index (χ0) is 13.0. The predicted molar refractivity (Wildman–Crippen MR) is 75.6 cm³/mol. The average molecular weight is 265 g/mol. The van der Waals surface area contributed by atoms with Gasteiger partial charge in [0, 0.05) is 6.61 Å². The highest BCUT2D eigenvalue weighted by molar-refractivity contribution is 7.16. The summed E-state index contributed by atoms with van der Waals surface area (Å²) in [7, 11) is 0. The number of nitrogen functional groups attached to an aromatic ring is 1. The van der Waals surface area contributed by atoms with E-state index >= 15 is 0 Å². The van der Waals surface area contributed by atoms with E-state index in [1.54, 1.807) is 11.3 Å². The first-order chi connectivity index (χ1) is 8.70. The number of hydrogen-bond acceptors (Lipinski definition) is 5. The number of nitrogens with two attached hydrogens (primary N) is 1. The molecule has 5 heteroatoms. The topological polar surface area (TPSA) is 61.0 Å². The molecule has 2 N–H and O–H groups in total. The van der Waals surface area contributed by atoms with Gasteiger partial charge in [0.25, 0.3) is 0 Å². The van der Waals surface area contributed by atoms with Crippen LogP contribution in [0.15, 0.2) is 11.4 Å². The molecule has 0 radical (unpaired) electrons. The molecule has 0 aliphatic carbocycles. The van der Waals surface area contributed by atoms with Gasteiger partial charge in [0.1, 0.15) is 17.3 Å². The number of nitrogens with zero attached hydrogens (tertiary/aromatic N) is 2. The molecule has 1 unspecified atom stereocenters. The van der Waals surface area contributed by atoms with E-state index in [4.69, 9.17) is 10.5 Å². The normalized spacial score (nSPS) is 13.0. The third-order valence-corrected chi connectivity index (χ3v) is 3.62. The first-order valence-corrected chi connectivity index (χ1v) is 7.16. The number of anilines is 1. The van der Waals surface area contributed by atoms with E-state index in [-0.39, 0.29) is 0 Å². The summed E-state index contributed by atoms with van der Waals surface area (Å²) in [5, 5.41) is 2.91. The maximum Gasteiger partial charge on any atom is 0.158 e. The Kier molecular flexibility index (Phi) is 4.49. The largest absolute Gasteiger partial charge is 0.383 e. The van der Waals surface area contributed by atoms with Crippen LogP contribution < -0.4 is 5.73 Å². The Balaban J connectivity index is 1.95. The summed E-state index contributed by atoms with van der Waals surface area (Å²) in [6.07, 6.45) is 2.38. The molecule has 18 heavy (non-hydrogen) atoms. The van der Waals surface area contributed by atoms with Gasteiger partial charge in [-0.05, 0) is 23.8 Å². The van der Waals surface area contributed by atoms with Crippen molar-refractivity contribution in [3.05, 3.63) is 17.3 Å². The smallest absolute Gasteiger partial charge is 0.158 e. The SMILES string of the molecule is CCCC(C)COCc1nc(N)c2ccsc2n1. The highest BCUT2D eigenvalue weighted by atomic mass is 32.1. The lowest BCUT2D eigenvalue weighted by molar-refractivity contribution is 0.0851. The highest BCUT2D eigenvalue weighted by Crippen LogP contribution is 2.23. The van der Waals surface area contributed by atoms with Crippen LogP contribution >= 0.6 is 11.3 Å². The van der Waals surface area contributed by atoms with Crippen LogP contribution in [0.1, 0.15) is 32.5 Å². The van der Waals surface area contributed by atoms with Crippen LogP contribution in [0.4, 0.5) is 5.82 Å². The molecule has 98 valence electrons. The lowest BCUT2D eigenvalue weighted by Gasteiger charge is -2.10. The van der Waals surface area contributed by atoms with Crippen LogP contribution in [-0.2, 0) is 11.3 Å². The number of rotatable bonds is 6. The van der Waals surface area contributed by atoms with E-state index < -0.39 is 0 Å². The van der Waals surface area contributed by atoms with E-state index in [9.17, 15) is 0 Å². The van der Waals surface area contributed by atoms with Gasteiger partial charge in [0.2, 0.25) is 0 Å². The molecular formula is C13H19N3OS. The summed E-state index contributed by atoms with van der Waals surface area (Å²) >= 11 is 1.58. The van der Waals surface area contributed by atoms with Crippen LogP contribution in [0.3, 0.4) is 0 Å². The highest BCUT2D eigenvalue weighted by Gasteiger charge is 2.07. The first-order valence-electron chi connectivity index (χ1n) is 6.28. The van der Waals surface area contributed by atoms with Gasteiger partial charge in [-0.15, -0.1) is 11.3 Å². The number of thiophene rings is 1. The van der Waals surface area contributed by atoms with Crippen molar-refractivity contribution >= 4 is 27.4 Å². The van der Waals surface area contributed by atoms with Gasteiger partial charge in [-0.1, -0.05) is 20.3 Å². The van der Waals surface area contributed by atoms with E-state index in [0.29, 0.717) is 24.2 Å². The molecule has 0 saturated heterocycles. The fourth-order valence-corrected chi connectivity index (χ4v) is 2.71. The fraction of sp³-hybridized carbons (Fsp3) is 0.538. The van der Waals surface area contributed by atoms with Crippen molar-refractivity contribution < 1.29 is 4.74 Å². The number of hydrogen-bond donors (Lipinski definition) is 1. The van der Waals surface area contributed by atoms with Crippen LogP contribution in [0.5, 0.6) is 0 Å². The molecule has 2 heterocycles. The molecule has 2 aromatic rings. The van der Waals surface area contributed by atoms with Gasteiger partial charge in [0.15, 0.2) is 5.82 Å². The summed E-state index contributed by atoms with van der Waals surface area (Å²) in [5.41, 5.74) is 5.88. The van der Waals surface area contributed by atoms with Crippen LogP contribution in [0.2, 0.25) is 0 Å². The quantitative estimate of drug-likeness (QED) is 0.871. The molecule has 0 saturated carbocycles. The summed E-state index contributed by atoms with van der Waals surface area (Å²) in [6, 6.07) is 1.95. The minimum Gasteiger partial charge on any atom is -0.383 e. The molecular weight excluding hydrogens is 246 g/mol. The second kappa shape index (κ2) is 6.11. The minimum atomic E-state index is 0.437. The Morgan fingerprint density at radius 1 is 1.44 bits per heavy atom. The molecule has 0 fully saturated rings. The fourth-order valence-electron chi connectivity index (χ4n) is 1.92. The van der Waals surface area contributed by atoms with E-state index in [1.807, 2.05) is 11.4 Å². The monoisotopic (exact) mass is 265 g/mol. The molecule has 4 nitrogen and oxygen atoms in total. The summed E-state index contributed by atoms with van der Waals surface area (Å²) < 4.78 is 5.64. The summed E-state index contributed by atoms with van der Waals surface area (Å²) in [6.45, 7) is 5.57. The second-order valence-electron chi connectivity index (χ2n) is 4.57. The van der Waals surface area contributed by atoms with Gasteiger partial charge in [-0.2, -0.15) is 0 Å². The zero-order valence-electron chi connectivity index (χ0n) is 10.8. The number of ether oxygens (including phenoxy) is 1. The minimum absolute atomic E-state index is 0.437. The van der Waals surface area contributed by atoms with E-state index in [2.05, 4.69) is 23.8 Å². The number of aromatic nitrogens is 2. The van der Waals surface area contributed by atoms with Crippen molar-refractivity contribution in [2.45, 2.75) is 33.3 Å². The van der Waals surface area contributed by atoms with Crippen LogP contribution in [-0.4, -0.2) is 16.6 Å². The standard InChI is InChI=1S/C13H19N3OS/c1-3-4-9(2)7-17-8-11-15-12(14)10-5-6-18-13(10)16-11/h5-6,9H,3-4,7-8H2,1-2H3,(H2,14,15,16). The Hall–Kier alpha value is -1.20. The van der Waals surface area contributed by atoms with Gasteiger partial charge in [-0.3, -0.25) is 0 Å². The maximum absolute atomic E-state index is 5.88. The molecule has 0 aliphatic heterocycles. The molecule has 2 aromatic heterocycles. The van der Waals surface area contributed by atoms with Crippen LogP contribution in [0.25, 0.3) is 10.2 Å². The molecule has 0 bridgehead atoms. The maximum atomic E-state index is 5.88.